The second-order valence-corrected chi connectivity index (χ2v) is 4.77. The molecule has 0 unspecified atom stereocenters. The summed E-state index contributed by atoms with van der Waals surface area (Å²) in [5, 5.41) is 2.79. The van der Waals surface area contributed by atoms with Gasteiger partial charge in [-0.1, -0.05) is 11.6 Å². The summed E-state index contributed by atoms with van der Waals surface area (Å²) in [6, 6.07) is 0. The van der Waals surface area contributed by atoms with Crippen LogP contribution < -0.4 is 5.32 Å². The van der Waals surface area contributed by atoms with Gasteiger partial charge >= 0.3 is 0 Å². The Morgan fingerprint density at radius 2 is 2.18 bits per heavy atom. The van der Waals surface area contributed by atoms with Gasteiger partial charge in [0.25, 0.3) is 0 Å². The van der Waals surface area contributed by atoms with Gasteiger partial charge in [-0.15, -0.1) is 0 Å². The van der Waals surface area contributed by atoms with Crippen molar-refractivity contribution in [3.8, 4) is 0 Å². The molecular formula is C13H20N2O2. The monoisotopic (exact) mass is 236 g/mol. The molecule has 1 N–H and O–H groups in total. The average Bonchev–Trinajstić information content (AvgIpc) is 2.55. The van der Waals surface area contributed by atoms with Crippen LogP contribution in [0.15, 0.2) is 11.6 Å². The van der Waals surface area contributed by atoms with E-state index in [1.54, 1.807) is 0 Å². The van der Waals surface area contributed by atoms with Crippen molar-refractivity contribution in [2.45, 2.75) is 38.5 Å². The van der Waals surface area contributed by atoms with Crippen LogP contribution in [0, 0.1) is 0 Å². The highest BCUT2D eigenvalue weighted by Gasteiger charge is 2.19. The maximum Gasteiger partial charge on any atom is 0.226 e. The fraction of sp³-hybridized carbons (Fsp3) is 0.692. The van der Waals surface area contributed by atoms with Crippen molar-refractivity contribution in [3.05, 3.63) is 11.6 Å². The average molecular weight is 236 g/mol. The summed E-state index contributed by atoms with van der Waals surface area (Å²) >= 11 is 0. The molecule has 1 heterocycles. The van der Waals surface area contributed by atoms with Crippen LogP contribution in [0.3, 0.4) is 0 Å². The second-order valence-electron chi connectivity index (χ2n) is 4.77. The molecule has 1 aliphatic carbocycles. The molecule has 1 saturated heterocycles. The van der Waals surface area contributed by atoms with Gasteiger partial charge in [0.05, 0.1) is 0 Å². The predicted molar refractivity (Wildman–Crippen MR) is 65.4 cm³/mol. The molecular weight excluding hydrogens is 216 g/mol. The molecule has 0 aromatic carbocycles. The van der Waals surface area contributed by atoms with Crippen molar-refractivity contribution in [3.63, 3.8) is 0 Å². The number of carbonyl (C=O) groups excluding carboxylic acids is 2. The van der Waals surface area contributed by atoms with Crippen molar-refractivity contribution in [2.24, 2.45) is 0 Å². The zero-order chi connectivity index (χ0) is 12.1. The van der Waals surface area contributed by atoms with E-state index in [2.05, 4.69) is 11.4 Å². The molecule has 2 rings (SSSR count). The first-order chi connectivity index (χ1) is 8.25. The quantitative estimate of drug-likeness (QED) is 0.733. The lowest BCUT2D eigenvalue weighted by Crippen LogP contribution is -2.34. The number of allylic oxidation sites excluding steroid dienone is 1. The van der Waals surface area contributed by atoms with Gasteiger partial charge in [0.2, 0.25) is 11.8 Å². The van der Waals surface area contributed by atoms with Crippen molar-refractivity contribution < 1.29 is 9.59 Å². The van der Waals surface area contributed by atoms with E-state index in [0.29, 0.717) is 32.5 Å². The van der Waals surface area contributed by atoms with E-state index in [1.807, 2.05) is 4.90 Å². The van der Waals surface area contributed by atoms with E-state index in [0.717, 1.165) is 12.8 Å². The van der Waals surface area contributed by atoms with Gasteiger partial charge in [-0.3, -0.25) is 9.59 Å². The molecule has 0 spiro atoms. The van der Waals surface area contributed by atoms with Crippen LogP contribution >= 0.6 is 0 Å². The Balaban J connectivity index is 1.86. The SMILES string of the molecule is O=C1CCN(C(=O)CC2=CCCCC2)CCN1. The summed E-state index contributed by atoms with van der Waals surface area (Å²) in [5.74, 6) is 0.229. The molecule has 0 radical (unpaired) electrons. The zero-order valence-electron chi connectivity index (χ0n) is 10.2. The first kappa shape index (κ1) is 12.1. The fourth-order valence-corrected chi connectivity index (χ4v) is 2.39. The molecule has 4 heteroatoms. The third kappa shape index (κ3) is 3.58. The fourth-order valence-electron chi connectivity index (χ4n) is 2.39. The van der Waals surface area contributed by atoms with Crippen LogP contribution in [0.4, 0.5) is 0 Å². The van der Waals surface area contributed by atoms with Crippen molar-refractivity contribution in [1.82, 2.24) is 10.2 Å². The Labute approximate surface area is 102 Å². The van der Waals surface area contributed by atoms with Gasteiger partial charge in [0.1, 0.15) is 0 Å². The highest BCUT2D eigenvalue weighted by molar-refractivity contribution is 5.81. The van der Waals surface area contributed by atoms with Gasteiger partial charge in [-0.2, -0.15) is 0 Å². The summed E-state index contributed by atoms with van der Waals surface area (Å²) in [7, 11) is 0. The van der Waals surface area contributed by atoms with Crippen LogP contribution in [0.25, 0.3) is 0 Å². The lowest BCUT2D eigenvalue weighted by Gasteiger charge is -2.21. The number of hydrogen-bond acceptors (Lipinski definition) is 2. The minimum atomic E-state index is 0.0529. The number of nitrogens with one attached hydrogen (secondary N) is 1. The van der Waals surface area contributed by atoms with Crippen molar-refractivity contribution in [2.75, 3.05) is 19.6 Å². The Morgan fingerprint density at radius 3 is 2.94 bits per heavy atom. The van der Waals surface area contributed by atoms with E-state index >= 15 is 0 Å². The third-order valence-electron chi connectivity index (χ3n) is 3.43. The number of amides is 2. The molecule has 94 valence electrons. The zero-order valence-corrected chi connectivity index (χ0v) is 10.2. The highest BCUT2D eigenvalue weighted by atomic mass is 16.2. The molecule has 0 atom stereocenters. The summed E-state index contributed by atoms with van der Waals surface area (Å²) in [6.45, 7) is 1.80. The van der Waals surface area contributed by atoms with Crippen LogP contribution in [0.5, 0.6) is 0 Å². The van der Waals surface area contributed by atoms with Crippen molar-refractivity contribution >= 4 is 11.8 Å². The van der Waals surface area contributed by atoms with Crippen LogP contribution in [-0.2, 0) is 9.59 Å². The first-order valence-electron chi connectivity index (χ1n) is 6.48. The molecule has 4 nitrogen and oxygen atoms in total. The van der Waals surface area contributed by atoms with E-state index in [1.165, 1.54) is 18.4 Å². The van der Waals surface area contributed by atoms with Gasteiger partial charge in [0, 0.05) is 32.5 Å². The first-order valence-corrected chi connectivity index (χ1v) is 6.48. The lowest BCUT2D eigenvalue weighted by molar-refractivity contribution is -0.130. The molecule has 2 aliphatic rings. The van der Waals surface area contributed by atoms with E-state index < -0.39 is 0 Å². The molecule has 0 bridgehead atoms. The van der Waals surface area contributed by atoms with Crippen molar-refractivity contribution in [1.29, 1.82) is 0 Å². The summed E-state index contributed by atoms with van der Waals surface area (Å²) in [4.78, 5) is 25.1. The smallest absolute Gasteiger partial charge is 0.226 e. The van der Waals surface area contributed by atoms with E-state index in [-0.39, 0.29) is 11.8 Å². The maximum atomic E-state index is 12.1. The summed E-state index contributed by atoms with van der Waals surface area (Å²) < 4.78 is 0. The van der Waals surface area contributed by atoms with Crippen LogP contribution in [0.2, 0.25) is 0 Å². The Morgan fingerprint density at radius 1 is 1.29 bits per heavy atom. The standard InChI is InChI=1S/C13H20N2O2/c16-12-6-8-15(9-7-14-12)13(17)10-11-4-2-1-3-5-11/h4H,1-3,5-10H2,(H,14,16). The maximum absolute atomic E-state index is 12.1. The third-order valence-corrected chi connectivity index (χ3v) is 3.43. The van der Waals surface area contributed by atoms with Gasteiger partial charge < -0.3 is 10.2 Å². The molecule has 17 heavy (non-hydrogen) atoms. The number of hydrogen-bond donors (Lipinski definition) is 1. The summed E-state index contributed by atoms with van der Waals surface area (Å²) in [5.41, 5.74) is 1.28. The Bertz CT molecular complexity index is 336. The largest absolute Gasteiger partial charge is 0.354 e. The Hall–Kier alpha value is -1.32. The molecule has 1 aliphatic heterocycles. The van der Waals surface area contributed by atoms with Gasteiger partial charge in [-0.05, 0) is 25.7 Å². The van der Waals surface area contributed by atoms with Crippen LogP contribution in [-0.4, -0.2) is 36.3 Å². The molecule has 0 saturated carbocycles. The second kappa shape index (κ2) is 5.84. The number of carbonyl (C=O) groups is 2. The molecule has 1 fully saturated rings. The minimum Gasteiger partial charge on any atom is -0.354 e. The van der Waals surface area contributed by atoms with E-state index in [4.69, 9.17) is 0 Å². The number of rotatable bonds is 2. The van der Waals surface area contributed by atoms with Gasteiger partial charge in [0.15, 0.2) is 0 Å². The molecule has 0 aromatic rings. The molecule has 0 aromatic heterocycles. The topological polar surface area (TPSA) is 49.4 Å². The highest BCUT2D eigenvalue weighted by Crippen LogP contribution is 2.20. The minimum absolute atomic E-state index is 0.0529. The predicted octanol–water partition coefficient (Wildman–Crippen LogP) is 1.23. The lowest BCUT2D eigenvalue weighted by atomic mass is 9.97. The van der Waals surface area contributed by atoms with Crippen LogP contribution in [0.1, 0.15) is 38.5 Å². The van der Waals surface area contributed by atoms with E-state index in [9.17, 15) is 9.59 Å². The van der Waals surface area contributed by atoms with Gasteiger partial charge in [-0.25, -0.2) is 0 Å². The molecule has 2 amide bonds. The number of nitrogens with zero attached hydrogens (tertiary/aromatic N) is 1. The Kier molecular flexibility index (Phi) is 4.18. The normalized spacial score (nSPS) is 21.5. The summed E-state index contributed by atoms with van der Waals surface area (Å²) in [6.07, 6.45) is 7.83.